The highest BCUT2D eigenvalue weighted by atomic mass is 16.1. The fourth-order valence-electron chi connectivity index (χ4n) is 1.64. The summed E-state index contributed by atoms with van der Waals surface area (Å²) >= 11 is 0. The molecule has 0 aliphatic heterocycles. The van der Waals surface area contributed by atoms with Crippen LogP contribution in [0.3, 0.4) is 0 Å². The Kier molecular flexibility index (Phi) is 3.98. The molecular weight excluding hydrogens is 236 g/mol. The van der Waals surface area contributed by atoms with Gasteiger partial charge in [-0.15, -0.1) is 0 Å². The van der Waals surface area contributed by atoms with Gasteiger partial charge in [0.2, 0.25) is 5.91 Å². The minimum Gasteiger partial charge on any atom is -0.398 e. The second-order valence-electron chi connectivity index (χ2n) is 4.30. The van der Waals surface area contributed by atoms with Crippen molar-refractivity contribution in [2.75, 3.05) is 11.1 Å². The van der Waals surface area contributed by atoms with Gasteiger partial charge in [-0.1, -0.05) is 30.3 Å². The van der Waals surface area contributed by atoms with E-state index in [1.54, 1.807) is 6.08 Å². The van der Waals surface area contributed by atoms with Gasteiger partial charge in [0.25, 0.3) is 0 Å². The predicted molar refractivity (Wildman–Crippen MR) is 79.7 cm³/mol. The number of anilines is 2. The molecule has 1 amide bonds. The summed E-state index contributed by atoms with van der Waals surface area (Å²) in [4.78, 5) is 11.7. The molecule has 3 N–H and O–H groups in total. The maximum Gasteiger partial charge on any atom is 0.248 e. The molecule has 0 bridgehead atoms. The number of aryl methyl sites for hydroxylation is 1. The van der Waals surface area contributed by atoms with Crippen LogP contribution in [-0.4, -0.2) is 5.91 Å². The Morgan fingerprint density at radius 3 is 2.58 bits per heavy atom. The highest BCUT2D eigenvalue weighted by Crippen LogP contribution is 2.14. The lowest BCUT2D eigenvalue weighted by atomic mass is 10.1. The van der Waals surface area contributed by atoms with Gasteiger partial charge in [0.05, 0.1) is 0 Å². The van der Waals surface area contributed by atoms with Gasteiger partial charge in [-0.2, -0.15) is 0 Å². The highest BCUT2D eigenvalue weighted by molar-refractivity contribution is 6.01. The summed E-state index contributed by atoms with van der Waals surface area (Å²) in [6, 6.07) is 15.1. The zero-order chi connectivity index (χ0) is 13.7. The summed E-state index contributed by atoms with van der Waals surface area (Å²) < 4.78 is 0. The van der Waals surface area contributed by atoms with E-state index < -0.39 is 0 Å². The minimum atomic E-state index is -0.162. The van der Waals surface area contributed by atoms with Gasteiger partial charge < -0.3 is 11.1 Å². The Labute approximate surface area is 112 Å². The molecule has 2 rings (SSSR count). The third-order valence-corrected chi connectivity index (χ3v) is 2.77. The summed E-state index contributed by atoms with van der Waals surface area (Å²) in [6.45, 7) is 1.95. The first kappa shape index (κ1) is 12.9. The van der Waals surface area contributed by atoms with Crippen LogP contribution in [0.1, 0.15) is 11.1 Å². The quantitative estimate of drug-likeness (QED) is 0.651. The molecular formula is C16H16N2O. The number of carbonyl (C=O) groups excluding carboxylic acids is 1. The van der Waals surface area contributed by atoms with Crippen LogP contribution >= 0.6 is 0 Å². The Bertz CT molecular complexity index is 603. The number of amides is 1. The van der Waals surface area contributed by atoms with Gasteiger partial charge in [0.15, 0.2) is 0 Å². The maximum atomic E-state index is 11.7. The van der Waals surface area contributed by atoms with Crippen LogP contribution in [0.15, 0.2) is 54.6 Å². The van der Waals surface area contributed by atoms with Gasteiger partial charge in [0, 0.05) is 17.5 Å². The molecule has 19 heavy (non-hydrogen) atoms. The molecule has 0 saturated carbocycles. The Hall–Kier alpha value is -2.55. The maximum absolute atomic E-state index is 11.7. The summed E-state index contributed by atoms with van der Waals surface area (Å²) in [5.41, 5.74) is 9.26. The normalized spacial score (nSPS) is 10.6. The number of nitrogens with one attached hydrogen (secondary N) is 1. The Balaban J connectivity index is 2.02. The lowest BCUT2D eigenvalue weighted by Gasteiger charge is -2.02. The van der Waals surface area contributed by atoms with Crippen molar-refractivity contribution in [2.24, 2.45) is 0 Å². The molecule has 2 aromatic rings. The largest absolute Gasteiger partial charge is 0.398 e. The van der Waals surface area contributed by atoms with Crippen molar-refractivity contribution < 1.29 is 4.79 Å². The van der Waals surface area contributed by atoms with E-state index in [-0.39, 0.29) is 5.91 Å². The second-order valence-corrected chi connectivity index (χ2v) is 4.30. The molecule has 2 aromatic carbocycles. The lowest BCUT2D eigenvalue weighted by Crippen LogP contribution is -2.07. The van der Waals surface area contributed by atoms with Gasteiger partial charge in [0.1, 0.15) is 0 Å². The number of benzene rings is 2. The van der Waals surface area contributed by atoms with Crippen molar-refractivity contribution in [1.29, 1.82) is 0 Å². The third kappa shape index (κ3) is 3.71. The first-order valence-electron chi connectivity index (χ1n) is 6.05. The SMILES string of the molecule is Cc1ccc(/C=C/C(=O)Nc2ccccc2)cc1N. The molecule has 3 nitrogen and oxygen atoms in total. The zero-order valence-electron chi connectivity index (χ0n) is 10.8. The molecule has 0 atom stereocenters. The van der Waals surface area contributed by atoms with E-state index in [2.05, 4.69) is 5.32 Å². The number of para-hydroxylation sites is 1. The molecule has 0 saturated heterocycles. The van der Waals surface area contributed by atoms with Crippen LogP contribution in [0.25, 0.3) is 6.08 Å². The van der Waals surface area contributed by atoms with Crippen molar-refractivity contribution in [1.82, 2.24) is 0 Å². The number of nitrogens with two attached hydrogens (primary N) is 1. The Morgan fingerprint density at radius 2 is 1.89 bits per heavy atom. The minimum absolute atomic E-state index is 0.162. The number of hydrogen-bond donors (Lipinski definition) is 2. The van der Waals surface area contributed by atoms with E-state index in [1.807, 2.05) is 55.5 Å². The van der Waals surface area contributed by atoms with E-state index in [0.29, 0.717) is 0 Å². The van der Waals surface area contributed by atoms with Crippen molar-refractivity contribution in [3.8, 4) is 0 Å². The van der Waals surface area contributed by atoms with Crippen LogP contribution in [0.4, 0.5) is 11.4 Å². The van der Waals surface area contributed by atoms with E-state index >= 15 is 0 Å². The van der Waals surface area contributed by atoms with Crippen molar-refractivity contribution in [3.05, 3.63) is 65.7 Å². The van der Waals surface area contributed by atoms with Gasteiger partial charge >= 0.3 is 0 Å². The monoisotopic (exact) mass is 252 g/mol. The smallest absolute Gasteiger partial charge is 0.248 e. The topological polar surface area (TPSA) is 55.1 Å². The number of carbonyl (C=O) groups is 1. The molecule has 0 aliphatic rings. The summed E-state index contributed by atoms with van der Waals surface area (Å²) in [5, 5.41) is 2.78. The average Bonchev–Trinajstić information content (AvgIpc) is 2.41. The van der Waals surface area contributed by atoms with E-state index in [0.717, 1.165) is 22.5 Å². The number of hydrogen-bond acceptors (Lipinski definition) is 2. The van der Waals surface area contributed by atoms with Crippen molar-refractivity contribution in [2.45, 2.75) is 6.92 Å². The predicted octanol–water partition coefficient (Wildman–Crippen LogP) is 3.23. The average molecular weight is 252 g/mol. The fourth-order valence-corrected chi connectivity index (χ4v) is 1.64. The molecule has 0 unspecified atom stereocenters. The third-order valence-electron chi connectivity index (χ3n) is 2.77. The van der Waals surface area contributed by atoms with Gasteiger partial charge in [-0.3, -0.25) is 4.79 Å². The Morgan fingerprint density at radius 1 is 1.16 bits per heavy atom. The molecule has 0 heterocycles. The summed E-state index contributed by atoms with van der Waals surface area (Å²) in [7, 11) is 0. The summed E-state index contributed by atoms with van der Waals surface area (Å²) in [5.74, 6) is -0.162. The number of nitrogen functional groups attached to an aromatic ring is 1. The molecule has 0 aromatic heterocycles. The molecule has 96 valence electrons. The number of rotatable bonds is 3. The molecule has 0 fully saturated rings. The molecule has 0 radical (unpaired) electrons. The van der Waals surface area contributed by atoms with Crippen LogP contribution in [0.2, 0.25) is 0 Å². The van der Waals surface area contributed by atoms with Crippen molar-refractivity contribution in [3.63, 3.8) is 0 Å². The fraction of sp³-hybridized carbons (Fsp3) is 0.0625. The molecule has 0 spiro atoms. The van der Waals surface area contributed by atoms with E-state index in [4.69, 9.17) is 5.73 Å². The summed E-state index contributed by atoms with van der Waals surface area (Å²) in [6.07, 6.45) is 3.24. The second kappa shape index (κ2) is 5.87. The zero-order valence-corrected chi connectivity index (χ0v) is 10.8. The van der Waals surface area contributed by atoms with E-state index in [9.17, 15) is 4.79 Å². The standard InChI is InChI=1S/C16H16N2O/c1-12-7-8-13(11-15(12)17)9-10-16(19)18-14-5-3-2-4-6-14/h2-11H,17H2,1H3,(H,18,19)/b10-9+. The van der Waals surface area contributed by atoms with E-state index in [1.165, 1.54) is 6.08 Å². The first-order chi connectivity index (χ1) is 9.15. The van der Waals surface area contributed by atoms with Gasteiger partial charge in [-0.25, -0.2) is 0 Å². The molecule has 3 heteroatoms. The first-order valence-corrected chi connectivity index (χ1v) is 6.05. The van der Waals surface area contributed by atoms with Crippen LogP contribution < -0.4 is 11.1 Å². The van der Waals surface area contributed by atoms with Gasteiger partial charge in [-0.05, 0) is 42.3 Å². The van der Waals surface area contributed by atoms with Crippen LogP contribution in [0, 0.1) is 6.92 Å². The molecule has 0 aliphatic carbocycles. The highest BCUT2D eigenvalue weighted by Gasteiger charge is 1.97. The van der Waals surface area contributed by atoms with Crippen molar-refractivity contribution >= 4 is 23.4 Å². The van der Waals surface area contributed by atoms with Crippen LogP contribution in [0.5, 0.6) is 0 Å². The lowest BCUT2D eigenvalue weighted by molar-refractivity contribution is -0.111. The van der Waals surface area contributed by atoms with Crippen LogP contribution in [-0.2, 0) is 4.79 Å².